The smallest absolute Gasteiger partial charge is 0.302 e. The first-order valence-electron chi connectivity index (χ1n) is 5.65. The molecule has 0 spiro atoms. The maximum atomic E-state index is 13.8. The zero-order valence-corrected chi connectivity index (χ0v) is 11.8. The molecule has 0 fully saturated rings. The molecule has 2 atom stereocenters. The average molecular weight is 290 g/mol. The van der Waals surface area contributed by atoms with E-state index in [0.717, 1.165) is 6.07 Å². The maximum absolute atomic E-state index is 13.8. The molecule has 106 valence electrons. The Morgan fingerprint density at radius 3 is 2.63 bits per heavy atom. The van der Waals surface area contributed by atoms with E-state index in [2.05, 4.69) is 0 Å². The number of ether oxygens (including phenoxy) is 1. The highest BCUT2D eigenvalue weighted by Gasteiger charge is 2.39. The summed E-state index contributed by atoms with van der Waals surface area (Å²) >= 11 is 1.29. The molecule has 0 aliphatic heterocycles. The number of thioether (sulfide) groups is 1. The van der Waals surface area contributed by atoms with Gasteiger partial charge in [0.2, 0.25) is 0 Å². The molecule has 0 amide bonds. The van der Waals surface area contributed by atoms with Gasteiger partial charge in [0.05, 0.1) is 0 Å². The lowest BCUT2D eigenvalue weighted by atomic mass is 9.91. The van der Waals surface area contributed by atoms with Gasteiger partial charge in [0, 0.05) is 23.8 Å². The van der Waals surface area contributed by atoms with Crippen LogP contribution < -0.4 is 0 Å². The molecule has 0 saturated carbocycles. The molecule has 3 nitrogen and oxygen atoms in total. The molecule has 0 heterocycles. The van der Waals surface area contributed by atoms with Crippen molar-refractivity contribution in [2.75, 3.05) is 12.9 Å². The van der Waals surface area contributed by atoms with Crippen molar-refractivity contribution in [3.05, 3.63) is 35.4 Å². The normalized spacial score (nSPS) is 15.7. The summed E-state index contributed by atoms with van der Waals surface area (Å²) in [7, 11) is 0. The van der Waals surface area contributed by atoms with Crippen molar-refractivity contribution in [2.24, 2.45) is 0 Å². The molecule has 0 saturated heterocycles. The zero-order valence-electron chi connectivity index (χ0n) is 10.9. The summed E-state index contributed by atoms with van der Waals surface area (Å²) in [5.41, 5.74) is -1.79. The number of rotatable bonds is 5. The topological polar surface area (TPSA) is 46.5 Å². The van der Waals surface area contributed by atoms with E-state index < -0.39 is 28.5 Å². The van der Waals surface area contributed by atoms with Gasteiger partial charge in [0.15, 0.2) is 0 Å². The Morgan fingerprint density at radius 2 is 2.16 bits per heavy atom. The van der Waals surface area contributed by atoms with E-state index in [1.54, 1.807) is 13.2 Å². The van der Waals surface area contributed by atoms with Crippen LogP contribution in [0.2, 0.25) is 0 Å². The Kier molecular flexibility index (Phi) is 5.31. The number of carbonyl (C=O) groups excluding carboxylic acids is 1. The molecule has 0 radical (unpaired) electrons. The van der Waals surface area contributed by atoms with Crippen molar-refractivity contribution < 1.29 is 23.4 Å². The summed E-state index contributed by atoms with van der Waals surface area (Å²) in [6, 6.07) is 2.92. The molecule has 0 unspecified atom stereocenters. The molecular formula is C13H16F2O3S. The quantitative estimate of drug-likeness (QED) is 0.846. The van der Waals surface area contributed by atoms with Crippen LogP contribution in [0.1, 0.15) is 19.4 Å². The van der Waals surface area contributed by atoms with Gasteiger partial charge in [-0.3, -0.25) is 4.79 Å². The molecular weight excluding hydrogens is 274 g/mol. The molecule has 1 aromatic rings. The molecule has 1 N–H and O–H groups in total. The number of esters is 1. The van der Waals surface area contributed by atoms with Crippen LogP contribution >= 0.6 is 11.8 Å². The molecule has 6 heteroatoms. The molecule has 1 rings (SSSR count). The monoisotopic (exact) mass is 290 g/mol. The standard InChI is InChI=1S/C13H16F2O3S/c1-8(19-3)13(17,7-18-9(2)16)11-5-4-10(14)6-12(11)15/h4-6,8,17H,7H2,1-3H3/t8-,13-/m1/s1. The first-order valence-corrected chi connectivity index (χ1v) is 6.94. The van der Waals surface area contributed by atoms with Crippen LogP contribution in [-0.4, -0.2) is 29.2 Å². The average Bonchev–Trinajstić information content (AvgIpc) is 2.34. The van der Waals surface area contributed by atoms with Crippen LogP contribution in [0.4, 0.5) is 8.78 Å². The molecule has 0 aromatic heterocycles. The number of hydrogen-bond donors (Lipinski definition) is 1. The first kappa shape index (κ1) is 15.9. The van der Waals surface area contributed by atoms with Crippen molar-refractivity contribution in [1.29, 1.82) is 0 Å². The second-order valence-electron chi connectivity index (χ2n) is 4.21. The molecule has 0 aliphatic carbocycles. The number of hydrogen-bond acceptors (Lipinski definition) is 4. The van der Waals surface area contributed by atoms with Gasteiger partial charge in [-0.15, -0.1) is 0 Å². The Hall–Kier alpha value is -1.14. The van der Waals surface area contributed by atoms with Crippen LogP contribution in [0.25, 0.3) is 0 Å². The fourth-order valence-electron chi connectivity index (χ4n) is 1.66. The zero-order chi connectivity index (χ0) is 14.6. The number of carbonyl (C=O) groups is 1. The lowest BCUT2D eigenvalue weighted by molar-refractivity contribution is -0.149. The highest BCUT2D eigenvalue weighted by atomic mass is 32.2. The van der Waals surface area contributed by atoms with Crippen molar-refractivity contribution in [3.63, 3.8) is 0 Å². The second kappa shape index (κ2) is 6.34. The van der Waals surface area contributed by atoms with Crippen molar-refractivity contribution in [2.45, 2.75) is 24.7 Å². The maximum Gasteiger partial charge on any atom is 0.302 e. The fraction of sp³-hybridized carbons (Fsp3) is 0.462. The predicted molar refractivity (Wildman–Crippen MR) is 69.9 cm³/mol. The summed E-state index contributed by atoms with van der Waals surface area (Å²) in [4.78, 5) is 10.9. The minimum Gasteiger partial charge on any atom is -0.462 e. The highest BCUT2D eigenvalue weighted by molar-refractivity contribution is 7.99. The predicted octanol–water partition coefficient (Wildman–Crippen LogP) is 2.47. The first-order chi connectivity index (χ1) is 8.81. The van der Waals surface area contributed by atoms with Crippen LogP contribution in [0.15, 0.2) is 18.2 Å². The van der Waals surface area contributed by atoms with Gasteiger partial charge in [-0.05, 0) is 12.3 Å². The van der Waals surface area contributed by atoms with Crippen LogP contribution in [0.5, 0.6) is 0 Å². The summed E-state index contributed by atoms with van der Waals surface area (Å²) in [6.45, 7) is 2.50. The largest absolute Gasteiger partial charge is 0.462 e. The molecule has 0 aliphatic rings. The lowest BCUT2D eigenvalue weighted by Crippen LogP contribution is -2.41. The van der Waals surface area contributed by atoms with Crippen LogP contribution in [0.3, 0.4) is 0 Å². The van der Waals surface area contributed by atoms with E-state index in [0.29, 0.717) is 6.07 Å². The van der Waals surface area contributed by atoms with Crippen LogP contribution in [-0.2, 0) is 15.1 Å². The third-order valence-electron chi connectivity index (χ3n) is 2.92. The minimum atomic E-state index is -1.71. The molecule has 1 aromatic carbocycles. The van der Waals surface area contributed by atoms with E-state index >= 15 is 0 Å². The van der Waals surface area contributed by atoms with E-state index in [-0.39, 0.29) is 12.2 Å². The van der Waals surface area contributed by atoms with Crippen molar-refractivity contribution >= 4 is 17.7 Å². The third kappa shape index (κ3) is 3.67. The van der Waals surface area contributed by atoms with E-state index in [4.69, 9.17) is 4.74 Å². The van der Waals surface area contributed by atoms with Gasteiger partial charge in [-0.2, -0.15) is 11.8 Å². The van der Waals surface area contributed by atoms with Crippen molar-refractivity contribution in [1.82, 2.24) is 0 Å². The van der Waals surface area contributed by atoms with E-state index in [1.807, 2.05) is 0 Å². The fourth-order valence-corrected chi connectivity index (χ4v) is 2.25. The number of halogens is 2. The van der Waals surface area contributed by atoms with Gasteiger partial charge in [-0.1, -0.05) is 13.0 Å². The Bertz CT molecular complexity index is 467. The highest BCUT2D eigenvalue weighted by Crippen LogP contribution is 2.34. The summed E-state index contributed by atoms with van der Waals surface area (Å²) in [6.07, 6.45) is 1.74. The van der Waals surface area contributed by atoms with Crippen LogP contribution in [0, 0.1) is 11.6 Å². The molecule has 19 heavy (non-hydrogen) atoms. The summed E-state index contributed by atoms with van der Waals surface area (Å²) in [5.74, 6) is -2.17. The van der Waals surface area contributed by atoms with E-state index in [9.17, 15) is 18.7 Å². The van der Waals surface area contributed by atoms with Gasteiger partial charge < -0.3 is 9.84 Å². The number of benzene rings is 1. The van der Waals surface area contributed by atoms with Gasteiger partial charge in [0.1, 0.15) is 23.8 Å². The third-order valence-corrected chi connectivity index (χ3v) is 4.02. The SMILES string of the molecule is CS[C@H](C)[C@](O)(COC(C)=O)c1ccc(F)cc1F. The molecule has 0 bridgehead atoms. The lowest BCUT2D eigenvalue weighted by Gasteiger charge is -2.33. The van der Waals surface area contributed by atoms with E-state index in [1.165, 1.54) is 24.8 Å². The summed E-state index contributed by atoms with van der Waals surface area (Å²) < 4.78 is 31.5. The van der Waals surface area contributed by atoms with Gasteiger partial charge >= 0.3 is 5.97 Å². The van der Waals surface area contributed by atoms with Gasteiger partial charge in [0.25, 0.3) is 0 Å². The summed E-state index contributed by atoms with van der Waals surface area (Å²) in [5, 5.41) is 10.2. The minimum absolute atomic E-state index is 0.0861. The number of aliphatic hydroxyl groups is 1. The Balaban J connectivity index is 3.18. The van der Waals surface area contributed by atoms with Gasteiger partial charge in [-0.25, -0.2) is 8.78 Å². The van der Waals surface area contributed by atoms with Crippen molar-refractivity contribution in [3.8, 4) is 0 Å². The Labute approximate surface area is 115 Å². The second-order valence-corrected chi connectivity index (χ2v) is 5.39. The Morgan fingerprint density at radius 1 is 1.53 bits per heavy atom.